The van der Waals surface area contributed by atoms with Crippen molar-refractivity contribution in [1.29, 1.82) is 0 Å². The Hall–Kier alpha value is -3.84. The molecule has 3 aromatic rings. The summed E-state index contributed by atoms with van der Waals surface area (Å²) in [6.07, 6.45) is 4.71. The predicted molar refractivity (Wildman–Crippen MR) is 148 cm³/mol. The molecule has 0 bridgehead atoms. The Balaban J connectivity index is 1.15. The molecule has 1 saturated carbocycles. The molecule has 7 nitrogen and oxygen atoms in total. The molecule has 3 heterocycles. The van der Waals surface area contributed by atoms with Crippen LogP contribution in [-0.4, -0.2) is 65.8 Å². The highest BCUT2D eigenvalue weighted by atomic mass is 16.5. The summed E-state index contributed by atoms with van der Waals surface area (Å²) in [6, 6.07) is 19.8. The van der Waals surface area contributed by atoms with E-state index in [1.54, 1.807) is 6.07 Å². The van der Waals surface area contributed by atoms with E-state index in [0.717, 1.165) is 62.3 Å². The van der Waals surface area contributed by atoms with Crippen LogP contribution in [0.2, 0.25) is 0 Å². The monoisotopic (exact) mass is 525 g/mol. The third-order valence-electron chi connectivity index (χ3n) is 7.97. The smallest absolute Gasteiger partial charge is 0.289 e. The first-order valence-corrected chi connectivity index (χ1v) is 13.9. The van der Waals surface area contributed by atoms with Gasteiger partial charge in [0.15, 0.2) is 5.76 Å². The summed E-state index contributed by atoms with van der Waals surface area (Å²) in [7, 11) is 0. The average molecular weight is 526 g/mol. The number of rotatable bonds is 8. The van der Waals surface area contributed by atoms with Gasteiger partial charge in [0, 0.05) is 45.2 Å². The molecule has 1 saturated heterocycles. The van der Waals surface area contributed by atoms with Gasteiger partial charge in [-0.2, -0.15) is 0 Å². The highest BCUT2D eigenvalue weighted by molar-refractivity contribution is 5.91. The van der Waals surface area contributed by atoms with Gasteiger partial charge in [-0.1, -0.05) is 42.5 Å². The predicted octanol–water partition coefficient (Wildman–Crippen LogP) is 4.69. The van der Waals surface area contributed by atoms with Crippen molar-refractivity contribution in [3.05, 3.63) is 102 Å². The standard InChI is InChI=1S/C32H35N3O4/c1-2-15-33-17-19-34(20-18-33)32(37)29-13-12-27(39-29)22-38-26-11-10-23-14-16-35(31(36)25-8-9-25)30(28(23)21-26)24-6-4-3-5-7-24/h2-7,10-13,21,25,30H,1,8-9,14-20,22H2. The minimum atomic E-state index is -0.119. The molecular formula is C32H35N3O4. The molecule has 202 valence electrons. The van der Waals surface area contributed by atoms with E-state index in [9.17, 15) is 9.59 Å². The molecule has 0 spiro atoms. The second-order valence-corrected chi connectivity index (χ2v) is 10.7. The zero-order chi connectivity index (χ0) is 26.8. The van der Waals surface area contributed by atoms with Crippen LogP contribution in [-0.2, 0) is 17.8 Å². The number of furan rings is 1. The van der Waals surface area contributed by atoms with Crippen molar-refractivity contribution in [2.45, 2.75) is 31.9 Å². The normalized spacial score (nSPS) is 19.4. The molecule has 2 fully saturated rings. The Morgan fingerprint density at radius 1 is 0.974 bits per heavy atom. The topological polar surface area (TPSA) is 66.2 Å². The van der Waals surface area contributed by atoms with E-state index in [-0.39, 0.29) is 30.4 Å². The van der Waals surface area contributed by atoms with E-state index in [2.05, 4.69) is 40.6 Å². The lowest BCUT2D eigenvalue weighted by Crippen LogP contribution is -2.48. The molecule has 2 amide bonds. The molecule has 3 aliphatic rings. The van der Waals surface area contributed by atoms with E-state index in [4.69, 9.17) is 9.15 Å². The highest BCUT2D eigenvalue weighted by Gasteiger charge is 2.39. The van der Waals surface area contributed by atoms with Crippen LogP contribution in [0.5, 0.6) is 5.75 Å². The van der Waals surface area contributed by atoms with Gasteiger partial charge in [-0.15, -0.1) is 6.58 Å². The Morgan fingerprint density at radius 3 is 2.51 bits per heavy atom. The van der Waals surface area contributed by atoms with E-state index in [0.29, 0.717) is 24.6 Å². The second-order valence-electron chi connectivity index (χ2n) is 10.7. The molecule has 0 N–H and O–H groups in total. The maximum atomic E-state index is 13.2. The summed E-state index contributed by atoms with van der Waals surface area (Å²) in [4.78, 5) is 32.3. The molecule has 1 atom stereocenters. The number of fused-ring (bicyclic) bond motifs is 1. The summed E-state index contributed by atoms with van der Waals surface area (Å²) in [5, 5.41) is 0. The van der Waals surface area contributed by atoms with E-state index in [1.165, 1.54) is 5.56 Å². The van der Waals surface area contributed by atoms with Crippen LogP contribution in [0.15, 0.2) is 77.7 Å². The van der Waals surface area contributed by atoms with E-state index in [1.807, 2.05) is 41.3 Å². The Bertz CT molecular complexity index is 1340. The number of hydrogen-bond donors (Lipinski definition) is 0. The number of amides is 2. The summed E-state index contributed by atoms with van der Waals surface area (Å²) in [5.41, 5.74) is 3.48. The van der Waals surface area contributed by atoms with Crippen LogP contribution < -0.4 is 4.74 Å². The fraction of sp³-hybridized carbons (Fsp3) is 0.375. The van der Waals surface area contributed by atoms with Crippen LogP contribution in [0.3, 0.4) is 0 Å². The average Bonchev–Trinajstić information content (AvgIpc) is 3.73. The van der Waals surface area contributed by atoms with Gasteiger partial charge >= 0.3 is 0 Å². The van der Waals surface area contributed by atoms with E-state index < -0.39 is 0 Å². The zero-order valence-electron chi connectivity index (χ0n) is 22.3. The van der Waals surface area contributed by atoms with Gasteiger partial charge in [-0.05, 0) is 60.2 Å². The minimum Gasteiger partial charge on any atom is -0.486 e. The maximum absolute atomic E-state index is 13.2. The maximum Gasteiger partial charge on any atom is 0.289 e. The summed E-state index contributed by atoms with van der Waals surface area (Å²) in [6.45, 7) is 8.61. The van der Waals surface area contributed by atoms with Crippen molar-refractivity contribution in [2.24, 2.45) is 5.92 Å². The molecule has 1 unspecified atom stereocenters. The first kappa shape index (κ1) is 25.4. The quantitative estimate of drug-likeness (QED) is 0.400. The van der Waals surface area contributed by atoms with Gasteiger partial charge in [0.1, 0.15) is 18.1 Å². The van der Waals surface area contributed by atoms with Gasteiger partial charge in [-0.3, -0.25) is 14.5 Å². The molecule has 39 heavy (non-hydrogen) atoms. The molecule has 2 aromatic carbocycles. The molecule has 1 aliphatic carbocycles. The van der Waals surface area contributed by atoms with Crippen molar-refractivity contribution in [2.75, 3.05) is 39.3 Å². The summed E-state index contributed by atoms with van der Waals surface area (Å²) >= 11 is 0. The number of carbonyl (C=O) groups is 2. The van der Waals surface area contributed by atoms with Gasteiger partial charge < -0.3 is 19.0 Å². The summed E-state index contributed by atoms with van der Waals surface area (Å²) < 4.78 is 12.0. The molecule has 7 heteroatoms. The van der Waals surface area contributed by atoms with Crippen LogP contribution in [0.4, 0.5) is 0 Å². The largest absolute Gasteiger partial charge is 0.486 e. The van der Waals surface area contributed by atoms with Crippen molar-refractivity contribution in [1.82, 2.24) is 14.7 Å². The van der Waals surface area contributed by atoms with Crippen molar-refractivity contribution >= 4 is 11.8 Å². The molecule has 0 radical (unpaired) electrons. The molecule has 1 aromatic heterocycles. The van der Waals surface area contributed by atoms with Crippen molar-refractivity contribution < 1.29 is 18.7 Å². The Labute approximate surface area is 229 Å². The van der Waals surface area contributed by atoms with Gasteiger partial charge in [0.05, 0.1) is 6.04 Å². The molecule has 6 rings (SSSR count). The van der Waals surface area contributed by atoms with Crippen molar-refractivity contribution in [3.63, 3.8) is 0 Å². The Kier molecular flexibility index (Phi) is 7.24. The number of hydrogen-bond acceptors (Lipinski definition) is 5. The van der Waals surface area contributed by atoms with Gasteiger partial charge in [-0.25, -0.2) is 0 Å². The van der Waals surface area contributed by atoms with Crippen LogP contribution in [0.1, 0.15) is 51.9 Å². The van der Waals surface area contributed by atoms with Crippen LogP contribution >= 0.6 is 0 Å². The summed E-state index contributed by atoms with van der Waals surface area (Å²) in [5.74, 6) is 2.01. The Morgan fingerprint density at radius 2 is 1.77 bits per heavy atom. The van der Waals surface area contributed by atoms with Gasteiger partial charge in [0.25, 0.3) is 5.91 Å². The molecular weight excluding hydrogens is 490 g/mol. The second kappa shape index (κ2) is 11.1. The lowest BCUT2D eigenvalue weighted by atomic mass is 9.87. The van der Waals surface area contributed by atoms with E-state index >= 15 is 0 Å². The van der Waals surface area contributed by atoms with Crippen LogP contribution in [0, 0.1) is 5.92 Å². The van der Waals surface area contributed by atoms with Crippen LogP contribution in [0.25, 0.3) is 0 Å². The van der Waals surface area contributed by atoms with Crippen molar-refractivity contribution in [3.8, 4) is 5.75 Å². The number of piperazine rings is 1. The lowest BCUT2D eigenvalue weighted by Gasteiger charge is -2.38. The number of carbonyl (C=O) groups excluding carboxylic acids is 2. The zero-order valence-corrected chi connectivity index (χ0v) is 22.3. The lowest BCUT2D eigenvalue weighted by molar-refractivity contribution is -0.134. The SMILES string of the molecule is C=CCN1CCN(C(=O)c2ccc(COc3ccc4c(c3)C(c3ccccc3)N(C(=O)C3CC3)CC4)o2)CC1. The first-order valence-electron chi connectivity index (χ1n) is 13.9. The number of benzene rings is 2. The number of nitrogens with zero attached hydrogens (tertiary/aromatic N) is 3. The van der Waals surface area contributed by atoms with Gasteiger partial charge in [0.2, 0.25) is 5.91 Å². The first-order chi connectivity index (χ1) is 19.1. The molecule has 2 aliphatic heterocycles. The fourth-order valence-electron chi connectivity index (χ4n) is 5.68. The fourth-order valence-corrected chi connectivity index (χ4v) is 5.68. The third kappa shape index (κ3) is 5.50. The minimum absolute atomic E-state index is 0.0839. The number of ether oxygens (including phenoxy) is 1. The third-order valence-corrected chi connectivity index (χ3v) is 7.97. The highest BCUT2D eigenvalue weighted by Crippen LogP contribution is 2.41.